The van der Waals surface area contributed by atoms with E-state index < -0.39 is 8.32 Å². The van der Waals surface area contributed by atoms with E-state index in [9.17, 15) is 14.4 Å². The molecule has 1 saturated heterocycles. The van der Waals surface area contributed by atoms with E-state index in [-0.39, 0.29) is 35.3 Å². The van der Waals surface area contributed by atoms with Gasteiger partial charge in [0.15, 0.2) is 8.32 Å². The van der Waals surface area contributed by atoms with Gasteiger partial charge in [-0.1, -0.05) is 32.9 Å². The standard InChI is InChI=1S/C21H30N2O4Si/c1-21(2,3)28(4,5)27-14-15-10-11-18(24)22(15)12-13-23-19(25)16-8-6-7-9-17(16)20(23)26/h6-9,15H,10-14H2,1-5H3. The van der Waals surface area contributed by atoms with E-state index in [2.05, 4.69) is 33.9 Å². The number of fused-ring (bicyclic) bond motifs is 1. The summed E-state index contributed by atoms with van der Waals surface area (Å²) in [6.07, 6.45) is 1.25. The summed E-state index contributed by atoms with van der Waals surface area (Å²) in [7, 11) is -1.89. The Hall–Kier alpha value is -1.99. The summed E-state index contributed by atoms with van der Waals surface area (Å²) in [4.78, 5) is 40.5. The second-order valence-electron chi connectivity index (χ2n) is 9.16. The number of carbonyl (C=O) groups excluding carboxylic acids is 3. The molecule has 28 heavy (non-hydrogen) atoms. The molecule has 0 N–H and O–H groups in total. The largest absolute Gasteiger partial charge is 0.415 e. The molecule has 2 heterocycles. The number of imide groups is 1. The zero-order chi connectivity index (χ0) is 20.7. The molecule has 1 atom stereocenters. The summed E-state index contributed by atoms with van der Waals surface area (Å²) in [5, 5.41) is 0.112. The summed E-state index contributed by atoms with van der Waals surface area (Å²) in [5.41, 5.74) is 0.885. The first-order chi connectivity index (χ1) is 13.0. The average Bonchev–Trinajstić information content (AvgIpc) is 3.09. The quantitative estimate of drug-likeness (QED) is 0.541. The van der Waals surface area contributed by atoms with Gasteiger partial charge in [-0.05, 0) is 36.7 Å². The van der Waals surface area contributed by atoms with Crippen molar-refractivity contribution in [1.82, 2.24) is 9.80 Å². The number of amides is 3. The number of likely N-dealkylation sites (tertiary alicyclic amines) is 1. The van der Waals surface area contributed by atoms with E-state index in [1.54, 1.807) is 29.2 Å². The molecule has 0 radical (unpaired) electrons. The van der Waals surface area contributed by atoms with Crippen LogP contribution < -0.4 is 0 Å². The smallest absolute Gasteiger partial charge is 0.261 e. The molecule has 0 aromatic heterocycles. The first-order valence-corrected chi connectivity index (χ1v) is 12.8. The van der Waals surface area contributed by atoms with Crippen molar-refractivity contribution in [3.8, 4) is 0 Å². The van der Waals surface area contributed by atoms with Crippen molar-refractivity contribution >= 4 is 26.0 Å². The van der Waals surface area contributed by atoms with Crippen LogP contribution in [-0.2, 0) is 9.22 Å². The fraction of sp³-hybridized carbons (Fsp3) is 0.571. The van der Waals surface area contributed by atoms with Crippen molar-refractivity contribution in [2.24, 2.45) is 0 Å². The number of hydrogen-bond acceptors (Lipinski definition) is 4. The summed E-state index contributed by atoms with van der Waals surface area (Å²) in [6, 6.07) is 6.87. The maximum absolute atomic E-state index is 12.5. The minimum atomic E-state index is -1.89. The third-order valence-electron chi connectivity index (χ3n) is 6.34. The van der Waals surface area contributed by atoms with Crippen LogP contribution in [0.5, 0.6) is 0 Å². The van der Waals surface area contributed by atoms with Crippen LogP contribution in [0.2, 0.25) is 18.1 Å². The molecule has 3 rings (SSSR count). The molecule has 1 unspecified atom stereocenters. The Balaban J connectivity index is 1.62. The van der Waals surface area contributed by atoms with Gasteiger partial charge >= 0.3 is 0 Å². The van der Waals surface area contributed by atoms with Crippen LogP contribution in [0.4, 0.5) is 0 Å². The highest BCUT2D eigenvalue weighted by atomic mass is 28.4. The number of rotatable bonds is 6. The first kappa shape index (κ1) is 20.7. The van der Waals surface area contributed by atoms with Gasteiger partial charge in [-0.15, -0.1) is 0 Å². The highest BCUT2D eigenvalue weighted by Crippen LogP contribution is 2.37. The molecule has 2 aliphatic heterocycles. The SMILES string of the molecule is CC(C)(C)[Si](C)(C)OCC1CCC(=O)N1CCN1C(=O)c2ccccc2C1=O. The second kappa shape index (κ2) is 7.44. The lowest BCUT2D eigenvalue weighted by atomic mass is 10.1. The Morgan fingerprint density at radius 3 is 2.14 bits per heavy atom. The van der Waals surface area contributed by atoms with Gasteiger partial charge in [0.1, 0.15) is 0 Å². The van der Waals surface area contributed by atoms with E-state index in [0.717, 1.165) is 6.42 Å². The second-order valence-corrected chi connectivity index (χ2v) is 14.0. The number of benzene rings is 1. The molecule has 0 bridgehead atoms. The first-order valence-electron chi connectivity index (χ1n) is 9.91. The van der Waals surface area contributed by atoms with Crippen LogP contribution in [0.25, 0.3) is 0 Å². The summed E-state index contributed by atoms with van der Waals surface area (Å²) in [6.45, 7) is 12.1. The highest BCUT2D eigenvalue weighted by Gasteiger charge is 2.40. The molecule has 1 aromatic rings. The number of hydrogen-bond donors (Lipinski definition) is 0. The Labute approximate surface area is 168 Å². The Morgan fingerprint density at radius 2 is 1.61 bits per heavy atom. The normalized spacial score (nSPS) is 20.3. The van der Waals surface area contributed by atoms with Crippen LogP contribution in [0.15, 0.2) is 24.3 Å². The number of nitrogens with zero attached hydrogens (tertiary/aromatic N) is 2. The molecule has 0 aliphatic carbocycles. The molecule has 7 heteroatoms. The molecule has 152 valence electrons. The zero-order valence-electron chi connectivity index (χ0n) is 17.4. The van der Waals surface area contributed by atoms with Gasteiger partial charge in [-0.2, -0.15) is 0 Å². The summed E-state index contributed by atoms with van der Waals surface area (Å²) < 4.78 is 6.32. The maximum Gasteiger partial charge on any atom is 0.261 e. The van der Waals surface area contributed by atoms with Crippen molar-refractivity contribution in [3.05, 3.63) is 35.4 Å². The van der Waals surface area contributed by atoms with Gasteiger partial charge in [-0.3, -0.25) is 19.3 Å². The van der Waals surface area contributed by atoms with Crippen LogP contribution in [0, 0.1) is 0 Å². The predicted octanol–water partition coefficient (Wildman–Crippen LogP) is 3.30. The topological polar surface area (TPSA) is 66.9 Å². The third kappa shape index (κ3) is 3.78. The van der Waals surface area contributed by atoms with E-state index in [4.69, 9.17) is 4.43 Å². The molecule has 0 saturated carbocycles. The Morgan fingerprint density at radius 1 is 1.04 bits per heavy atom. The number of carbonyl (C=O) groups is 3. The Kier molecular flexibility index (Phi) is 5.51. The van der Waals surface area contributed by atoms with Crippen molar-refractivity contribution in [2.75, 3.05) is 19.7 Å². The lowest BCUT2D eigenvalue weighted by molar-refractivity contribution is -0.129. The molecule has 1 fully saturated rings. The Bertz CT molecular complexity index is 765. The van der Waals surface area contributed by atoms with Crippen LogP contribution in [0.1, 0.15) is 54.3 Å². The lowest BCUT2D eigenvalue weighted by Gasteiger charge is -2.38. The van der Waals surface area contributed by atoms with Gasteiger partial charge in [-0.25, -0.2) is 0 Å². The molecular formula is C21H30N2O4Si. The van der Waals surface area contributed by atoms with Gasteiger partial charge in [0.25, 0.3) is 11.8 Å². The summed E-state index contributed by atoms with van der Waals surface area (Å²) in [5.74, 6) is -0.483. The molecule has 1 aromatic carbocycles. The maximum atomic E-state index is 12.5. The minimum absolute atomic E-state index is 0.0109. The minimum Gasteiger partial charge on any atom is -0.415 e. The highest BCUT2D eigenvalue weighted by molar-refractivity contribution is 6.74. The van der Waals surface area contributed by atoms with Gasteiger partial charge in [0.2, 0.25) is 5.91 Å². The summed E-state index contributed by atoms with van der Waals surface area (Å²) >= 11 is 0. The van der Waals surface area contributed by atoms with Crippen molar-refractivity contribution < 1.29 is 18.8 Å². The lowest BCUT2D eigenvalue weighted by Crippen LogP contribution is -2.47. The molecule has 0 spiro atoms. The molecule has 2 aliphatic rings. The van der Waals surface area contributed by atoms with Gasteiger partial charge in [0.05, 0.1) is 23.8 Å². The van der Waals surface area contributed by atoms with Crippen LogP contribution in [-0.4, -0.2) is 61.6 Å². The van der Waals surface area contributed by atoms with E-state index in [1.165, 1.54) is 4.90 Å². The van der Waals surface area contributed by atoms with E-state index in [1.807, 2.05) is 0 Å². The molecule has 3 amide bonds. The van der Waals surface area contributed by atoms with Crippen molar-refractivity contribution in [3.63, 3.8) is 0 Å². The predicted molar refractivity (Wildman–Crippen MR) is 110 cm³/mol. The van der Waals surface area contributed by atoms with Crippen molar-refractivity contribution in [2.45, 2.75) is 57.8 Å². The zero-order valence-corrected chi connectivity index (χ0v) is 18.4. The monoisotopic (exact) mass is 402 g/mol. The van der Waals surface area contributed by atoms with E-state index >= 15 is 0 Å². The average molecular weight is 403 g/mol. The van der Waals surface area contributed by atoms with E-state index in [0.29, 0.717) is 30.7 Å². The molecule has 6 nitrogen and oxygen atoms in total. The van der Waals surface area contributed by atoms with Gasteiger partial charge < -0.3 is 9.33 Å². The fourth-order valence-electron chi connectivity index (χ4n) is 3.44. The third-order valence-corrected chi connectivity index (χ3v) is 10.8. The van der Waals surface area contributed by atoms with Gasteiger partial charge in [0, 0.05) is 19.5 Å². The van der Waals surface area contributed by atoms with Crippen molar-refractivity contribution in [1.29, 1.82) is 0 Å². The fourth-order valence-corrected chi connectivity index (χ4v) is 4.49. The van der Waals surface area contributed by atoms with Crippen LogP contribution >= 0.6 is 0 Å². The van der Waals surface area contributed by atoms with Crippen LogP contribution in [0.3, 0.4) is 0 Å². The molecular weight excluding hydrogens is 372 g/mol.